The summed E-state index contributed by atoms with van der Waals surface area (Å²) < 4.78 is 10.3. The number of methoxy groups -OCH3 is 1. The number of ketones is 1. The van der Waals surface area contributed by atoms with Crippen molar-refractivity contribution < 1.29 is 24.0 Å². The topological polar surface area (TPSA) is 108 Å². The molecule has 30 heavy (non-hydrogen) atoms. The average molecular weight is 414 g/mol. The Labute approximate surface area is 175 Å². The van der Waals surface area contributed by atoms with E-state index in [1.54, 1.807) is 25.1 Å². The predicted molar refractivity (Wildman–Crippen MR) is 110 cm³/mol. The number of nitro groups is 1. The number of para-hydroxylation sites is 1. The van der Waals surface area contributed by atoms with Gasteiger partial charge in [-0.05, 0) is 18.8 Å². The van der Waals surface area contributed by atoms with E-state index in [1.807, 2.05) is 13.8 Å². The smallest absolute Gasteiger partial charge is 0.336 e. The zero-order chi connectivity index (χ0) is 22.1. The molecular weight excluding hydrogens is 388 g/mol. The Morgan fingerprint density at radius 2 is 1.97 bits per heavy atom. The number of rotatable bonds is 6. The summed E-state index contributed by atoms with van der Waals surface area (Å²) in [7, 11) is 1.50. The molecule has 0 unspecified atom stereocenters. The van der Waals surface area contributed by atoms with Crippen LogP contribution in [0.5, 0.6) is 0 Å². The van der Waals surface area contributed by atoms with Gasteiger partial charge in [0, 0.05) is 42.1 Å². The second kappa shape index (κ2) is 8.39. The molecule has 0 fully saturated rings. The molecule has 1 heterocycles. The number of dihydropyridines is 1. The Bertz CT molecular complexity index is 960. The van der Waals surface area contributed by atoms with E-state index in [1.165, 1.54) is 13.2 Å². The van der Waals surface area contributed by atoms with Gasteiger partial charge in [0.1, 0.15) is 6.61 Å². The highest BCUT2D eigenvalue weighted by Crippen LogP contribution is 2.48. The molecule has 8 heteroatoms. The standard InChI is InChI=1S/C22H26N2O6/c1-13-18(21(26)30-10-9-29-4)19(14-7-5-6-8-16(14)24(27)28)20-15(23-13)11-22(2,3)12-17(20)25/h5-8,19,23H,9-12H2,1-4H3/t19-/m1/s1. The summed E-state index contributed by atoms with van der Waals surface area (Å²) in [6.07, 6.45) is 0.907. The zero-order valence-corrected chi connectivity index (χ0v) is 17.6. The lowest BCUT2D eigenvalue weighted by molar-refractivity contribution is -0.385. The van der Waals surface area contributed by atoms with E-state index in [4.69, 9.17) is 9.47 Å². The highest BCUT2D eigenvalue weighted by molar-refractivity contribution is 6.04. The maximum atomic E-state index is 13.2. The Balaban J connectivity index is 2.17. The largest absolute Gasteiger partial charge is 0.460 e. The maximum absolute atomic E-state index is 13.2. The number of benzene rings is 1. The summed E-state index contributed by atoms with van der Waals surface area (Å²) >= 11 is 0. The highest BCUT2D eigenvalue weighted by atomic mass is 16.6. The van der Waals surface area contributed by atoms with E-state index >= 15 is 0 Å². The third-order valence-corrected chi connectivity index (χ3v) is 5.42. The minimum atomic E-state index is -0.860. The molecule has 8 nitrogen and oxygen atoms in total. The van der Waals surface area contributed by atoms with Crippen molar-refractivity contribution in [1.29, 1.82) is 0 Å². The summed E-state index contributed by atoms with van der Waals surface area (Å²) in [5.74, 6) is -1.60. The number of Topliss-reactive ketones (excluding diaryl/α,β-unsaturated/α-hetero) is 1. The normalized spacial score (nSPS) is 20.5. The molecule has 0 spiro atoms. The third-order valence-electron chi connectivity index (χ3n) is 5.42. The van der Waals surface area contributed by atoms with Gasteiger partial charge < -0.3 is 14.8 Å². The second-order valence-electron chi connectivity index (χ2n) is 8.37. The fraction of sp³-hybridized carbons (Fsp3) is 0.455. The second-order valence-corrected chi connectivity index (χ2v) is 8.37. The molecule has 1 atom stereocenters. The van der Waals surface area contributed by atoms with Crippen molar-refractivity contribution in [2.24, 2.45) is 5.41 Å². The number of carbonyl (C=O) groups is 2. The van der Waals surface area contributed by atoms with Crippen LogP contribution in [-0.2, 0) is 19.1 Å². The SMILES string of the molecule is COCCOC(=O)C1=C(C)NC2=C(C(=O)CC(C)(C)C2)[C@@H]1c1ccccc1[N+](=O)[O-]. The summed E-state index contributed by atoms with van der Waals surface area (Å²) in [5, 5.41) is 14.9. The molecule has 0 radical (unpaired) electrons. The average Bonchev–Trinajstić information content (AvgIpc) is 2.65. The van der Waals surface area contributed by atoms with Crippen LogP contribution in [0.15, 0.2) is 46.8 Å². The minimum Gasteiger partial charge on any atom is -0.460 e. The number of nitrogens with zero attached hydrogens (tertiary/aromatic N) is 1. The fourth-order valence-corrected chi connectivity index (χ4v) is 4.21. The third kappa shape index (κ3) is 4.14. The molecule has 0 saturated carbocycles. The van der Waals surface area contributed by atoms with Crippen LogP contribution in [0.1, 0.15) is 45.1 Å². The lowest BCUT2D eigenvalue weighted by Crippen LogP contribution is -2.39. The van der Waals surface area contributed by atoms with E-state index in [-0.39, 0.29) is 35.7 Å². The molecule has 160 valence electrons. The first-order valence-electron chi connectivity index (χ1n) is 9.79. The summed E-state index contributed by atoms with van der Waals surface area (Å²) in [4.78, 5) is 37.4. The van der Waals surface area contributed by atoms with E-state index < -0.39 is 16.8 Å². The van der Waals surface area contributed by atoms with Gasteiger partial charge in [-0.1, -0.05) is 32.0 Å². The van der Waals surface area contributed by atoms with Crippen molar-refractivity contribution >= 4 is 17.4 Å². The summed E-state index contributed by atoms with van der Waals surface area (Å²) in [6, 6.07) is 6.22. The monoisotopic (exact) mass is 414 g/mol. The van der Waals surface area contributed by atoms with Gasteiger partial charge in [-0.25, -0.2) is 4.79 Å². The molecule has 3 rings (SSSR count). The lowest BCUT2D eigenvalue weighted by Gasteiger charge is -2.39. The molecule has 0 saturated heterocycles. The molecule has 0 bridgehead atoms. The van der Waals surface area contributed by atoms with E-state index in [0.717, 1.165) is 0 Å². The van der Waals surface area contributed by atoms with Crippen molar-refractivity contribution in [1.82, 2.24) is 5.32 Å². The number of esters is 1. The van der Waals surface area contributed by atoms with Crippen molar-refractivity contribution in [3.63, 3.8) is 0 Å². The van der Waals surface area contributed by atoms with Crippen LogP contribution in [-0.4, -0.2) is 37.0 Å². The molecule has 1 aromatic carbocycles. The predicted octanol–water partition coefficient (Wildman–Crippen LogP) is 3.39. The fourth-order valence-electron chi connectivity index (χ4n) is 4.21. The number of hydrogen-bond donors (Lipinski definition) is 1. The van der Waals surface area contributed by atoms with Gasteiger partial charge in [-0.2, -0.15) is 0 Å². The molecule has 2 aliphatic rings. The Morgan fingerprint density at radius 3 is 2.63 bits per heavy atom. The van der Waals surface area contributed by atoms with E-state index in [0.29, 0.717) is 35.4 Å². The Hall–Kier alpha value is -3.00. The maximum Gasteiger partial charge on any atom is 0.336 e. The molecule has 1 aromatic rings. The Kier molecular flexibility index (Phi) is 6.07. The molecule has 1 aliphatic carbocycles. The van der Waals surface area contributed by atoms with Crippen LogP contribution < -0.4 is 5.32 Å². The molecule has 1 aliphatic heterocycles. The van der Waals surface area contributed by atoms with Crippen LogP contribution >= 0.6 is 0 Å². The van der Waals surface area contributed by atoms with Gasteiger partial charge in [-0.15, -0.1) is 0 Å². The van der Waals surface area contributed by atoms with Gasteiger partial charge >= 0.3 is 5.97 Å². The van der Waals surface area contributed by atoms with Crippen molar-refractivity contribution in [2.75, 3.05) is 20.3 Å². The quantitative estimate of drug-likeness (QED) is 0.329. The van der Waals surface area contributed by atoms with Crippen LogP contribution in [0.2, 0.25) is 0 Å². The van der Waals surface area contributed by atoms with Crippen LogP contribution in [0.3, 0.4) is 0 Å². The van der Waals surface area contributed by atoms with Crippen LogP contribution in [0.4, 0.5) is 5.69 Å². The molecular formula is C22H26N2O6. The van der Waals surface area contributed by atoms with Gasteiger partial charge in [0.2, 0.25) is 0 Å². The van der Waals surface area contributed by atoms with Gasteiger partial charge in [0.05, 0.1) is 23.0 Å². The molecule has 1 N–H and O–H groups in total. The number of nitro benzene ring substituents is 1. The first-order valence-corrected chi connectivity index (χ1v) is 9.79. The zero-order valence-electron chi connectivity index (χ0n) is 17.6. The number of allylic oxidation sites excluding steroid dienone is 3. The van der Waals surface area contributed by atoms with Gasteiger partial charge in [0.25, 0.3) is 5.69 Å². The number of nitrogens with one attached hydrogen (secondary N) is 1. The van der Waals surface area contributed by atoms with Gasteiger partial charge in [-0.3, -0.25) is 14.9 Å². The van der Waals surface area contributed by atoms with Crippen molar-refractivity contribution in [3.05, 3.63) is 62.5 Å². The summed E-state index contributed by atoms with van der Waals surface area (Å²) in [6.45, 7) is 6.00. The van der Waals surface area contributed by atoms with Crippen LogP contribution in [0.25, 0.3) is 0 Å². The molecule has 0 aromatic heterocycles. The lowest BCUT2D eigenvalue weighted by atomic mass is 9.68. The first-order chi connectivity index (χ1) is 14.2. The van der Waals surface area contributed by atoms with Gasteiger partial charge in [0.15, 0.2) is 5.78 Å². The van der Waals surface area contributed by atoms with Crippen molar-refractivity contribution in [2.45, 2.75) is 39.5 Å². The first kappa shape index (κ1) is 21.7. The highest BCUT2D eigenvalue weighted by Gasteiger charge is 2.44. The number of hydrogen-bond acceptors (Lipinski definition) is 7. The number of ether oxygens (including phenoxy) is 2. The summed E-state index contributed by atoms with van der Waals surface area (Å²) in [5.41, 5.74) is 1.80. The number of carbonyl (C=O) groups excluding carboxylic acids is 2. The minimum absolute atomic E-state index is 0.0442. The Morgan fingerprint density at radius 1 is 1.27 bits per heavy atom. The van der Waals surface area contributed by atoms with Crippen LogP contribution in [0, 0.1) is 15.5 Å². The van der Waals surface area contributed by atoms with Crippen molar-refractivity contribution in [3.8, 4) is 0 Å². The van der Waals surface area contributed by atoms with E-state index in [2.05, 4.69) is 5.32 Å². The molecule has 0 amide bonds. The van der Waals surface area contributed by atoms with E-state index in [9.17, 15) is 19.7 Å².